The Bertz CT molecular complexity index is 858. The molecule has 0 bridgehead atoms. The number of benzene rings is 2. The van der Waals surface area contributed by atoms with Gasteiger partial charge in [0.05, 0.1) is 3.57 Å². The lowest BCUT2D eigenvalue weighted by atomic mass is 10.1. The van der Waals surface area contributed by atoms with Crippen LogP contribution in [0.25, 0.3) is 11.0 Å². The molecule has 0 aliphatic carbocycles. The zero-order valence-corrected chi connectivity index (χ0v) is 14.6. The number of para-hydroxylation sites is 1. The monoisotopic (exact) mass is 456 g/mol. The Morgan fingerprint density at radius 2 is 1.95 bits per heavy atom. The topological polar surface area (TPSA) is 39.4 Å². The Hall–Kier alpha value is -1.34. The van der Waals surface area contributed by atoms with Gasteiger partial charge in [0, 0.05) is 21.5 Å². The Balaban J connectivity index is 1.98. The van der Waals surface area contributed by atoms with Crippen molar-refractivity contribution in [3.63, 3.8) is 0 Å². The predicted octanol–water partition coefficient (Wildman–Crippen LogP) is 4.74. The quantitative estimate of drug-likeness (QED) is 0.422. The fraction of sp³-hybridized carbons (Fsp3) is 0.0625. The molecule has 1 aromatic heterocycles. The minimum Gasteiger partial charge on any atom is -0.488 e. The van der Waals surface area contributed by atoms with Gasteiger partial charge in [0.25, 0.3) is 0 Å². The van der Waals surface area contributed by atoms with Crippen molar-refractivity contribution >= 4 is 49.5 Å². The second kappa shape index (κ2) is 6.19. The second-order valence-corrected chi connectivity index (χ2v) is 6.53. The van der Waals surface area contributed by atoms with E-state index in [0.29, 0.717) is 12.2 Å². The normalized spacial score (nSPS) is 10.8. The average molecular weight is 457 g/mol. The maximum absolute atomic E-state index is 11.6. The highest BCUT2D eigenvalue weighted by molar-refractivity contribution is 14.1. The maximum atomic E-state index is 11.6. The lowest BCUT2D eigenvalue weighted by Crippen LogP contribution is -2.04. The molecule has 0 unspecified atom stereocenters. The molecule has 1 heterocycles. The molecule has 21 heavy (non-hydrogen) atoms. The minimum absolute atomic E-state index is 0.318. The van der Waals surface area contributed by atoms with Gasteiger partial charge in [-0.2, -0.15) is 0 Å². The summed E-state index contributed by atoms with van der Waals surface area (Å²) in [5.41, 5.74) is 1.00. The van der Waals surface area contributed by atoms with Crippen LogP contribution in [0.2, 0.25) is 0 Å². The summed E-state index contributed by atoms with van der Waals surface area (Å²) in [5.74, 6) is 0.800. The van der Waals surface area contributed by atoms with Crippen molar-refractivity contribution in [3.8, 4) is 5.75 Å². The Labute approximate surface area is 143 Å². The number of rotatable bonds is 3. The number of hydrogen-bond donors (Lipinski definition) is 0. The number of ether oxygens (including phenoxy) is 1. The molecule has 0 aliphatic heterocycles. The van der Waals surface area contributed by atoms with E-state index in [2.05, 4.69) is 38.5 Å². The smallest absolute Gasteiger partial charge is 0.336 e. The molecule has 0 N–H and O–H groups in total. The van der Waals surface area contributed by atoms with Crippen molar-refractivity contribution < 1.29 is 9.15 Å². The van der Waals surface area contributed by atoms with Crippen LogP contribution in [0.3, 0.4) is 0 Å². The number of fused-ring (bicyclic) bond motifs is 1. The maximum Gasteiger partial charge on any atom is 0.336 e. The Kier molecular flexibility index (Phi) is 4.30. The van der Waals surface area contributed by atoms with E-state index >= 15 is 0 Å². The molecule has 0 saturated heterocycles. The largest absolute Gasteiger partial charge is 0.488 e. The summed E-state index contributed by atoms with van der Waals surface area (Å²) in [7, 11) is 0. The summed E-state index contributed by atoms with van der Waals surface area (Å²) in [6.07, 6.45) is 0. The van der Waals surface area contributed by atoms with Gasteiger partial charge >= 0.3 is 5.63 Å². The highest BCUT2D eigenvalue weighted by atomic mass is 127. The van der Waals surface area contributed by atoms with Gasteiger partial charge in [-0.25, -0.2) is 4.79 Å². The summed E-state index contributed by atoms with van der Waals surface area (Å²) < 4.78 is 13.0. The lowest BCUT2D eigenvalue weighted by molar-refractivity contribution is 0.304. The van der Waals surface area contributed by atoms with Crippen molar-refractivity contribution in [2.24, 2.45) is 0 Å². The third kappa shape index (κ3) is 3.29. The number of halogens is 2. The van der Waals surface area contributed by atoms with Crippen molar-refractivity contribution in [1.29, 1.82) is 0 Å². The molecule has 0 aliphatic rings. The third-order valence-corrected chi connectivity index (χ3v) is 4.39. The summed E-state index contributed by atoms with van der Waals surface area (Å²) in [6, 6.07) is 14.8. The van der Waals surface area contributed by atoms with Crippen molar-refractivity contribution in [1.82, 2.24) is 0 Å². The first-order valence-corrected chi connectivity index (χ1v) is 8.10. The van der Waals surface area contributed by atoms with Crippen LogP contribution >= 0.6 is 38.5 Å². The fourth-order valence-electron chi connectivity index (χ4n) is 2.04. The van der Waals surface area contributed by atoms with Crippen LogP contribution in [0.1, 0.15) is 5.56 Å². The van der Waals surface area contributed by atoms with E-state index in [1.807, 2.05) is 36.4 Å². The van der Waals surface area contributed by atoms with E-state index in [9.17, 15) is 4.79 Å². The summed E-state index contributed by atoms with van der Waals surface area (Å²) in [4.78, 5) is 11.6. The molecule has 5 heteroatoms. The van der Waals surface area contributed by atoms with E-state index in [1.165, 1.54) is 6.07 Å². The molecule has 3 nitrogen and oxygen atoms in total. The molecule has 0 amide bonds. The van der Waals surface area contributed by atoms with Crippen molar-refractivity contribution in [3.05, 3.63) is 72.6 Å². The summed E-state index contributed by atoms with van der Waals surface area (Å²) in [6.45, 7) is 0.318. The minimum atomic E-state index is -0.369. The summed E-state index contributed by atoms with van der Waals surface area (Å²) in [5, 5.41) is 0.870. The molecular formula is C16H10BrIO3. The highest BCUT2D eigenvalue weighted by Gasteiger charge is 2.08. The van der Waals surface area contributed by atoms with Gasteiger partial charge in [0.1, 0.15) is 17.9 Å². The number of hydrogen-bond acceptors (Lipinski definition) is 3. The first kappa shape index (κ1) is 14.6. The van der Waals surface area contributed by atoms with Crippen LogP contribution in [-0.4, -0.2) is 0 Å². The zero-order chi connectivity index (χ0) is 14.8. The van der Waals surface area contributed by atoms with Gasteiger partial charge < -0.3 is 9.15 Å². The Morgan fingerprint density at radius 3 is 2.76 bits per heavy atom. The molecule has 0 atom stereocenters. The molecule has 0 saturated carbocycles. The average Bonchev–Trinajstić information content (AvgIpc) is 2.47. The van der Waals surface area contributed by atoms with Gasteiger partial charge in [0.15, 0.2) is 0 Å². The first-order chi connectivity index (χ1) is 10.1. The summed E-state index contributed by atoms with van der Waals surface area (Å²) >= 11 is 5.65. The van der Waals surface area contributed by atoms with Crippen LogP contribution < -0.4 is 10.4 Å². The second-order valence-electron chi connectivity index (χ2n) is 4.45. The van der Waals surface area contributed by atoms with Crippen LogP contribution in [0, 0.1) is 3.57 Å². The molecule has 0 fully saturated rings. The Morgan fingerprint density at radius 1 is 1.14 bits per heavy atom. The zero-order valence-electron chi connectivity index (χ0n) is 10.8. The SMILES string of the molecule is O=c1cc(COc2ccccc2I)c2cc(Br)ccc2o1. The van der Waals surface area contributed by atoms with Gasteiger partial charge in [-0.1, -0.05) is 28.1 Å². The first-order valence-electron chi connectivity index (χ1n) is 6.23. The van der Waals surface area contributed by atoms with Gasteiger partial charge in [-0.05, 0) is 52.9 Å². The molecule has 106 valence electrons. The standard InChI is InChI=1S/C16H10BrIO3/c17-11-5-6-14-12(8-11)10(7-16(19)21-14)9-20-15-4-2-1-3-13(15)18/h1-8H,9H2. The molecular weight excluding hydrogens is 447 g/mol. The van der Waals surface area contributed by atoms with Gasteiger partial charge in [-0.15, -0.1) is 0 Å². The molecule has 3 rings (SSSR count). The fourth-order valence-corrected chi connectivity index (χ4v) is 2.94. The van der Waals surface area contributed by atoms with E-state index in [0.717, 1.165) is 24.7 Å². The van der Waals surface area contributed by atoms with Gasteiger partial charge in [-0.3, -0.25) is 0 Å². The molecule has 0 radical (unpaired) electrons. The molecule has 2 aromatic carbocycles. The van der Waals surface area contributed by atoms with E-state index in [-0.39, 0.29) is 5.63 Å². The van der Waals surface area contributed by atoms with Crippen LogP contribution in [0.15, 0.2) is 62.2 Å². The van der Waals surface area contributed by atoms with Crippen molar-refractivity contribution in [2.45, 2.75) is 6.61 Å². The highest BCUT2D eigenvalue weighted by Crippen LogP contribution is 2.25. The predicted molar refractivity (Wildman–Crippen MR) is 93.7 cm³/mol. The molecule has 3 aromatic rings. The van der Waals surface area contributed by atoms with E-state index in [4.69, 9.17) is 9.15 Å². The van der Waals surface area contributed by atoms with Crippen LogP contribution in [0.5, 0.6) is 5.75 Å². The van der Waals surface area contributed by atoms with Crippen LogP contribution in [-0.2, 0) is 6.61 Å². The van der Waals surface area contributed by atoms with E-state index in [1.54, 1.807) is 6.07 Å². The lowest BCUT2D eigenvalue weighted by Gasteiger charge is -2.09. The van der Waals surface area contributed by atoms with E-state index < -0.39 is 0 Å². The van der Waals surface area contributed by atoms with Crippen molar-refractivity contribution in [2.75, 3.05) is 0 Å². The van der Waals surface area contributed by atoms with Crippen LogP contribution in [0.4, 0.5) is 0 Å². The molecule has 0 spiro atoms. The third-order valence-electron chi connectivity index (χ3n) is 3.01. The van der Waals surface area contributed by atoms with Gasteiger partial charge in [0.2, 0.25) is 0 Å².